The van der Waals surface area contributed by atoms with Gasteiger partial charge in [0.05, 0.1) is 5.75 Å². The predicted molar refractivity (Wildman–Crippen MR) is 68.5 cm³/mol. The molecule has 2 rings (SSSR count). The van der Waals surface area contributed by atoms with Gasteiger partial charge in [-0.25, -0.2) is 5.10 Å². The molecule has 10 heteroatoms. The lowest BCUT2D eigenvalue weighted by atomic mass is 10.2. The van der Waals surface area contributed by atoms with E-state index in [0.29, 0.717) is 11.0 Å². The van der Waals surface area contributed by atoms with Gasteiger partial charge >= 0.3 is 6.01 Å². The van der Waals surface area contributed by atoms with E-state index in [1.54, 1.807) is 0 Å². The average molecular weight is 283 g/mol. The second kappa shape index (κ2) is 5.69. The Labute approximate surface area is 112 Å². The zero-order valence-electron chi connectivity index (χ0n) is 10.4. The molecule has 2 heterocycles. The van der Waals surface area contributed by atoms with Gasteiger partial charge in [0.2, 0.25) is 22.9 Å². The molecule has 2 aromatic heterocycles. The summed E-state index contributed by atoms with van der Waals surface area (Å²) < 4.78 is 5.25. The topological polar surface area (TPSA) is 136 Å². The molecule has 0 bridgehead atoms. The number of nitrogens with zero attached hydrogens (tertiary/aromatic N) is 4. The van der Waals surface area contributed by atoms with Crippen LogP contribution in [0.5, 0.6) is 0 Å². The van der Waals surface area contributed by atoms with Gasteiger partial charge in [0, 0.05) is 5.92 Å². The Bertz CT molecular complexity index is 564. The van der Waals surface area contributed by atoms with Crippen LogP contribution in [0.2, 0.25) is 0 Å². The SMILES string of the molecule is CC(C)c1nnc(NC(=O)CSc2n[nH]c(N)n2)o1. The summed E-state index contributed by atoms with van der Waals surface area (Å²) in [6.45, 7) is 3.84. The number of thioether (sulfide) groups is 1. The van der Waals surface area contributed by atoms with E-state index in [9.17, 15) is 4.79 Å². The quantitative estimate of drug-likeness (QED) is 0.679. The molecule has 0 aromatic carbocycles. The van der Waals surface area contributed by atoms with Gasteiger partial charge in [0.15, 0.2) is 0 Å². The molecule has 0 atom stereocenters. The number of hydrogen-bond donors (Lipinski definition) is 3. The van der Waals surface area contributed by atoms with Crippen LogP contribution in [-0.2, 0) is 4.79 Å². The second-order valence-corrected chi connectivity index (χ2v) is 4.88. The number of nitrogens with two attached hydrogens (primary N) is 1. The van der Waals surface area contributed by atoms with Crippen molar-refractivity contribution in [3.8, 4) is 0 Å². The van der Waals surface area contributed by atoms with Crippen molar-refractivity contribution < 1.29 is 9.21 Å². The van der Waals surface area contributed by atoms with Crippen molar-refractivity contribution in [3.05, 3.63) is 5.89 Å². The van der Waals surface area contributed by atoms with Crippen molar-refractivity contribution in [2.75, 3.05) is 16.8 Å². The van der Waals surface area contributed by atoms with E-state index in [1.807, 2.05) is 13.8 Å². The first-order chi connectivity index (χ1) is 9.04. The van der Waals surface area contributed by atoms with E-state index in [2.05, 4.69) is 30.7 Å². The highest BCUT2D eigenvalue weighted by molar-refractivity contribution is 7.99. The number of hydrogen-bond acceptors (Lipinski definition) is 8. The van der Waals surface area contributed by atoms with Crippen LogP contribution in [0, 0.1) is 0 Å². The average Bonchev–Trinajstić information content (AvgIpc) is 2.96. The predicted octanol–water partition coefficient (Wildman–Crippen LogP) is 0.624. The molecule has 0 aliphatic rings. The minimum Gasteiger partial charge on any atom is -0.408 e. The third-order valence-corrected chi connectivity index (χ3v) is 2.84. The van der Waals surface area contributed by atoms with Gasteiger partial charge in [0.25, 0.3) is 0 Å². The van der Waals surface area contributed by atoms with Gasteiger partial charge in [-0.15, -0.1) is 10.2 Å². The summed E-state index contributed by atoms with van der Waals surface area (Å²) in [7, 11) is 0. The van der Waals surface area contributed by atoms with Gasteiger partial charge < -0.3 is 10.2 Å². The maximum Gasteiger partial charge on any atom is 0.322 e. The van der Waals surface area contributed by atoms with Crippen LogP contribution in [0.3, 0.4) is 0 Å². The maximum absolute atomic E-state index is 11.6. The minimum atomic E-state index is -0.285. The number of amides is 1. The molecule has 102 valence electrons. The first kappa shape index (κ1) is 13.3. The first-order valence-electron chi connectivity index (χ1n) is 5.48. The zero-order valence-corrected chi connectivity index (χ0v) is 11.2. The van der Waals surface area contributed by atoms with Crippen LogP contribution in [-0.4, -0.2) is 37.0 Å². The molecule has 0 saturated carbocycles. The normalized spacial score (nSPS) is 10.9. The highest BCUT2D eigenvalue weighted by Crippen LogP contribution is 2.16. The van der Waals surface area contributed by atoms with E-state index in [-0.39, 0.29) is 29.5 Å². The molecule has 19 heavy (non-hydrogen) atoms. The molecule has 1 amide bonds. The fourth-order valence-corrected chi connectivity index (χ4v) is 1.73. The van der Waals surface area contributed by atoms with Crippen LogP contribution < -0.4 is 11.1 Å². The molecule has 0 spiro atoms. The highest BCUT2D eigenvalue weighted by atomic mass is 32.2. The molecule has 2 aromatic rings. The number of anilines is 2. The fraction of sp³-hybridized carbons (Fsp3) is 0.444. The molecule has 4 N–H and O–H groups in total. The van der Waals surface area contributed by atoms with Crippen LogP contribution in [0.25, 0.3) is 0 Å². The smallest absolute Gasteiger partial charge is 0.322 e. The van der Waals surface area contributed by atoms with E-state index in [0.717, 1.165) is 11.8 Å². The van der Waals surface area contributed by atoms with E-state index < -0.39 is 0 Å². The molecule has 0 fully saturated rings. The summed E-state index contributed by atoms with van der Waals surface area (Å²) in [5, 5.41) is 16.7. The summed E-state index contributed by atoms with van der Waals surface area (Å²) >= 11 is 1.15. The molecular weight excluding hydrogens is 270 g/mol. The lowest BCUT2D eigenvalue weighted by Crippen LogP contribution is -2.14. The Morgan fingerprint density at radius 1 is 1.53 bits per heavy atom. The van der Waals surface area contributed by atoms with Crippen molar-refractivity contribution in [1.29, 1.82) is 0 Å². The monoisotopic (exact) mass is 283 g/mol. The first-order valence-corrected chi connectivity index (χ1v) is 6.47. The molecule has 9 nitrogen and oxygen atoms in total. The Hall–Kier alpha value is -2.10. The molecule has 0 aliphatic carbocycles. The number of carbonyl (C=O) groups excluding carboxylic acids is 1. The van der Waals surface area contributed by atoms with Gasteiger partial charge in [-0.2, -0.15) is 4.98 Å². The number of carbonyl (C=O) groups is 1. The van der Waals surface area contributed by atoms with Gasteiger partial charge in [0.1, 0.15) is 0 Å². The third-order valence-electron chi connectivity index (χ3n) is 2.00. The summed E-state index contributed by atoms with van der Waals surface area (Å²) in [6.07, 6.45) is 0. The number of aromatic amines is 1. The van der Waals surface area contributed by atoms with E-state index >= 15 is 0 Å². The Morgan fingerprint density at radius 2 is 2.32 bits per heavy atom. The number of H-pyrrole nitrogens is 1. The fourth-order valence-electron chi connectivity index (χ4n) is 1.13. The van der Waals surface area contributed by atoms with Crippen molar-refractivity contribution in [2.45, 2.75) is 24.9 Å². The molecule has 0 radical (unpaired) electrons. The van der Waals surface area contributed by atoms with Crippen molar-refractivity contribution >= 4 is 29.6 Å². The summed E-state index contributed by atoms with van der Waals surface area (Å²) in [4.78, 5) is 15.5. The summed E-state index contributed by atoms with van der Waals surface area (Å²) in [5.41, 5.74) is 5.36. The van der Waals surface area contributed by atoms with Crippen molar-refractivity contribution in [2.24, 2.45) is 0 Å². The number of nitrogens with one attached hydrogen (secondary N) is 2. The molecule has 0 saturated heterocycles. The van der Waals surface area contributed by atoms with E-state index in [4.69, 9.17) is 10.2 Å². The maximum atomic E-state index is 11.6. The molecule has 0 unspecified atom stereocenters. The van der Waals surface area contributed by atoms with Crippen molar-refractivity contribution in [3.63, 3.8) is 0 Å². The van der Waals surface area contributed by atoms with E-state index in [1.165, 1.54) is 0 Å². The number of rotatable bonds is 5. The van der Waals surface area contributed by atoms with Crippen LogP contribution in [0.4, 0.5) is 12.0 Å². The zero-order chi connectivity index (χ0) is 13.8. The van der Waals surface area contributed by atoms with Crippen LogP contribution in [0.15, 0.2) is 9.57 Å². The van der Waals surface area contributed by atoms with Crippen LogP contribution in [0.1, 0.15) is 25.7 Å². The molecular formula is C9H13N7O2S. The Morgan fingerprint density at radius 3 is 2.89 bits per heavy atom. The van der Waals surface area contributed by atoms with Gasteiger partial charge in [-0.3, -0.25) is 10.1 Å². The van der Waals surface area contributed by atoms with Crippen LogP contribution >= 0.6 is 11.8 Å². The minimum absolute atomic E-state index is 0.0869. The molecule has 0 aliphatic heterocycles. The Kier molecular flexibility index (Phi) is 4.00. The van der Waals surface area contributed by atoms with Crippen molar-refractivity contribution in [1.82, 2.24) is 25.4 Å². The standard InChI is InChI=1S/C9H13N7O2S/c1-4(2)6-13-15-8(18-6)11-5(17)3-19-9-12-7(10)14-16-9/h4H,3H2,1-2H3,(H,11,15,17)(H3,10,12,14,16). The summed E-state index contributed by atoms with van der Waals surface area (Å²) in [6, 6.07) is 0.0869. The number of aromatic nitrogens is 5. The van der Waals surface area contributed by atoms with Gasteiger partial charge in [-0.1, -0.05) is 30.7 Å². The largest absolute Gasteiger partial charge is 0.408 e. The highest BCUT2D eigenvalue weighted by Gasteiger charge is 2.13. The summed E-state index contributed by atoms with van der Waals surface area (Å²) in [5.74, 6) is 0.638. The number of nitrogen functional groups attached to an aromatic ring is 1. The third kappa shape index (κ3) is 3.68. The Balaban J connectivity index is 1.83. The lowest BCUT2D eigenvalue weighted by Gasteiger charge is -1.98. The second-order valence-electron chi connectivity index (χ2n) is 3.94. The lowest BCUT2D eigenvalue weighted by molar-refractivity contribution is -0.113. The van der Waals surface area contributed by atoms with Gasteiger partial charge in [-0.05, 0) is 0 Å².